The van der Waals surface area contributed by atoms with E-state index in [1.807, 2.05) is 0 Å². The predicted molar refractivity (Wildman–Crippen MR) is 87.3 cm³/mol. The molecule has 0 N–H and O–H groups in total. The quantitative estimate of drug-likeness (QED) is 0.382. The number of halogens is 1. The fourth-order valence-corrected chi connectivity index (χ4v) is 3.38. The van der Waals surface area contributed by atoms with Gasteiger partial charge >= 0.3 is 0 Å². The molecule has 20 heavy (non-hydrogen) atoms. The second kappa shape index (κ2) is 11.4. The maximum absolute atomic E-state index is 12.3. The monoisotopic (exact) mass is 301 g/mol. The molecular weight excluding hydrogens is 270 g/mol. The summed E-state index contributed by atoms with van der Waals surface area (Å²) in [6.07, 6.45) is 14.5. The number of carbonyl (C=O) groups excluding carboxylic acids is 1. The highest BCUT2D eigenvalue weighted by Gasteiger charge is 2.25. The summed E-state index contributed by atoms with van der Waals surface area (Å²) in [5, 5.41) is 0. The molecular formula is C17H32ClNO. The van der Waals surface area contributed by atoms with Gasteiger partial charge in [0.25, 0.3) is 0 Å². The number of alkyl halides is 1. The van der Waals surface area contributed by atoms with Crippen molar-refractivity contribution in [2.24, 2.45) is 0 Å². The average molecular weight is 302 g/mol. The van der Waals surface area contributed by atoms with Crippen molar-refractivity contribution in [2.75, 3.05) is 12.4 Å². The fourth-order valence-electron chi connectivity index (χ4n) is 3.19. The molecule has 0 aromatic heterocycles. The van der Waals surface area contributed by atoms with Gasteiger partial charge in [-0.3, -0.25) is 4.79 Å². The summed E-state index contributed by atoms with van der Waals surface area (Å²) in [7, 11) is 0. The van der Waals surface area contributed by atoms with Gasteiger partial charge < -0.3 is 4.90 Å². The van der Waals surface area contributed by atoms with E-state index >= 15 is 0 Å². The molecule has 0 aromatic carbocycles. The van der Waals surface area contributed by atoms with Crippen LogP contribution in [0.4, 0.5) is 0 Å². The number of hydrogen-bond donors (Lipinski definition) is 0. The summed E-state index contributed by atoms with van der Waals surface area (Å²) in [5.41, 5.74) is 0. The summed E-state index contributed by atoms with van der Waals surface area (Å²) in [4.78, 5) is 14.4. The Hall–Kier alpha value is -0.240. The van der Waals surface area contributed by atoms with Crippen LogP contribution in [0, 0.1) is 0 Å². The molecule has 1 fully saturated rings. The van der Waals surface area contributed by atoms with Crippen molar-refractivity contribution in [3.63, 3.8) is 0 Å². The topological polar surface area (TPSA) is 20.3 Å². The molecule has 1 amide bonds. The van der Waals surface area contributed by atoms with E-state index in [0.29, 0.717) is 17.8 Å². The Labute approximate surface area is 130 Å². The van der Waals surface area contributed by atoms with Crippen molar-refractivity contribution in [2.45, 2.75) is 90.0 Å². The van der Waals surface area contributed by atoms with Gasteiger partial charge in [-0.05, 0) is 19.3 Å². The van der Waals surface area contributed by atoms with Gasteiger partial charge in [0.2, 0.25) is 5.91 Å². The lowest BCUT2D eigenvalue weighted by Gasteiger charge is -2.28. The van der Waals surface area contributed by atoms with Crippen LogP contribution in [0.2, 0.25) is 0 Å². The van der Waals surface area contributed by atoms with Gasteiger partial charge in [-0.1, -0.05) is 58.3 Å². The molecule has 1 saturated carbocycles. The van der Waals surface area contributed by atoms with E-state index in [2.05, 4.69) is 11.8 Å². The Morgan fingerprint density at radius 2 is 1.65 bits per heavy atom. The Morgan fingerprint density at radius 3 is 2.25 bits per heavy atom. The van der Waals surface area contributed by atoms with Crippen LogP contribution in [-0.2, 0) is 4.79 Å². The third-order valence-electron chi connectivity index (χ3n) is 4.41. The number of carbonyl (C=O) groups is 1. The van der Waals surface area contributed by atoms with Crippen LogP contribution < -0.4 is 0 Å². The van der Waals surface area contributed by atoms with Crippen molar-refractivity contribution in [3.05, 3.63) is 0 Å². The van der Waals surface area contributed by atoms with Gasteiger partial charge in [-0.25, -0.2) is 0 Å². The van der Waals surface area contributed by atoms with Gasteiger partial charge in [-0.15, -0.1) is 11.6 Å². The lowest BCUT2D eigenvalue weighted by molar-refractivity contribution is -0.133. The van der Waals surface area contributed by atoms with Crippen LogP contribution in [0.5, 0.6) is 0 Å². The van der Waals surface area contributed by atoms with E-state index in [-0.39, 0.29) is 0 Å². The van der Waals surface area contributed by atoms with Crippen LogP contribution in [-0.4, -0.2) is 29.3 Å². The summed E-state index contributed by atoms with van der Waals surface area (Å²) in [6, 6.07) is 0.478. The van der Waals surface area contributed by atoms with Crippen LogP contribution in [0.25, 0.3) is 0 Å². The Kier molecular flexibility index (Phi) is 10.2. The first-order valence-corrected chi connectivity index (χ1v) is 9.18. The van der Waals surface area contributed by atoms with E-state index in [4.69, 9.17) is 11.6 Å². The van der Waals surface area contributed by atoms with E-state index in [9.17, 15) is 4.79 Å². The predicted octanol–water partition coefficient (Wildman–Crippen LogP) is 5.14. The zero-order valence-electron chi connectivity index (χ0n) is 13.2. The minimum absolute atomic E-state index is 0.339. The summed E-state index contributed by atoms with van der Waals surface area (Å²) < 4.78 is 0. The molecule has 118 valence electrons. The first-order chi connectivity index (χ1) is 9.79. The largest absolute Gasteiger partial charge is 0.339 e. The molecule has 0 atom stereocenters. The van der Waals surface area contributed by atoms with Crippen LogP contribution >= 0.6 is 11.6 Å². The van der Waals surface area contributed by atoms with Crippen molar-refractivity contribution < 1.29 is 4.79 Å². The van der Waals surface area contributed by atoms with E-state index in [1.54, 1.807) is 0 Å². The van der Waals surface area contributed by atoms with Crippen molar-refractivity contribution in [3.8, 4) is 0 Å². The molecule has 0 spiro atoms. The first-order valence-electron chi connectivity index (χ1n) is 8.65. The standard InChI is InChI=1S/C17H32ClNO/c1-2-3-4-5-6-7-8-13-17(20)19(15-14-18)16-11-9-10-12-16/h16H,2-15H2,1H3. The number of amides is 1. The van der Waals surface area contributed by atoms with Gasteiger partial charge in [0.15, 0.2) is 0 Å². The number of nitrogens with zero attached hydrogens (tertiary/aromatic N) is 1. The van der Waals surface area contributed by atoms with Crippen LogP contribution in [0.3, 0.4) is 0 Å². The highest BCUT2D eigenvalue weighted by Crippen LogP contribution is 2.24. The molecule has 2 nitrogen and oxygen atoms in total. The number of rotatable bonds is 11. The lowest BCUT2D eigenvalue weighted by atomic mass is 10.1. The maximum Gasteiger partial charge on any atom is 0.222 e. The third-order valence-corrected chi connectivity index (χ3v) is 4.57. The summed E-state index contributed by atoms with van der Waals surface area (Å²) >= 11 is 5.86. The molecule has 0 saturated heterocycles. The molecule has 1 aliphatic rings. The second-order valence-electron chi connectivity index (χ2n) is 6.09. The van der Waals surface area contributed by atoms with E-state index in [0.717, 1.165) is 19.4 Å². The molecule has 0 radical (unpaired) electrons. The molecule has 0 aromatic rings. The van der Waals surface area contributed by atoms with Crippen molar-refractivity contribution in [1.82, 2.24) is 4.90 Å². The molecule has 3 heteroatoms. The summed E-state index contributed by atoms with van der Waals surface area (Å²) in [5.74, 6) is 0.908. The number of hydrogen-bond acceptors (Lipinski definition) is 1. The molecule has 1 rings (SSSR count). The fraction of sp³-hybridized carbons (Fsp3) is 0.941. The molecule has 0 bridgehead atoms. The maximum atomic E-state index is 12.3. The minimum Gasteiger partial charge on any atom is -0.339 e. The smallest absolute Gasteiger partial charge is 0.222 e. The van der Waals surface area contributed by atoms with Crippen LogP contribution in [0.1, 0.15) is 84.0 Å². The highest BCUT2D eigenvalue weighted by atomic mass is 35.5. The average Bonchev–Trinajstić information content (AvgIpc) is 2.97. The molecule has 1 aliphatic carbocycles. The van der Waals surface area contributed by atoms with Gasteiger partial charge in [0.1, 0.15) is 0 Å². The molecule has 0 heterocycles. The van der Waals surface area contributed by atoms with Gasteiger partial charge in [-0.2, -0.15) is 0 Å². The summed E-state index contributed by atoms with van der Waals surface area (Å²) in [6.45, 7) is 2.98. The van der Waals surface area contributed by atoms with Crippen molar-refractivity contribution in [1.29, 1.82) is 0 Å². The van der Waals surface area contributed by atoms with Gasteiger partial charge in [0.05, 0.1) is 0 Å². The normalized spacial score (nSPS) is 15.7. The number of unbranched alkanes of at least 4 members (excludes halogenated alkanes) is 6. The SMILES string of the molecule is CCCCCCCCCC(=O)N(CCCl)C1CCCC1. The Bertz CT molecular complexity index is 251. The van der Waals surface area contributed by atoms with E-state index < -0.39 is 0 Å². The molecule has 0 aliphatic heterocycles. The van der Waals surface area contributed by atoms with Crippen LogP contribution in [0.15, 0.2) is 0 Å². The molecule has 0 unspecified atom stereocenters. The Balaban J connectivity index is 2.14. The van der Waals surface area contributed by atoms with Gasteiger partial charge in [0, 0.05) is 24.9 Å². The zero-order chi connectivity index (χ0) is 14.6. The second-order valence-corrected chi connectivity index (χ2v) is 6.46. The van der Waals surface area contributed by atoms with E-state index in [1.165, 1.54) is 64.2 Å². The first kappa shape index (κ1) is 17.8. The van der Waals surface area contributed by atoms with Crippen molar-refractivity contribution >= 4 is 17.5 Å². The minimum atomic E-state index is 0.339. The highest BCUT2D eigenvalue weighted by molar-refractivity contribution is 6.18. The lowest BCUT2D eigenvalue weighted by Crippen LogP contribution is -2.40. The zero-order valence-corrected chi connectivity index (χ0v) is 14.0. The Morgan fingerprint density at radius 1 is 1.05 bits per heavy atom. The third kappa shape index (κ3) is 6.97.